The maximum Gasteiger partial charge on any atom is 0.267 e. The van der Waals surface area contributed by atoms with Gasteiger partial charge in [0.1, 0.15) is 0 Å². The van der Waals surface area contributed by atoms with E-state index in [0.717, 1.165) is 23.3 Å². The fraction of sp³-hybridized carbons (Fsp3) is 0.375. The van der Waals surface area contributed by atoms with Gasteiger partial charge in [-0.05, 0) is 61.7 Å². The minimum absolute atomic E-state index is 0.0780. The summed E-state index contributed by atoms with van der Waals surface area (Å²) in [5.41, 5.74) is 2.56. The molecule has 2 heterocycles. The molecule has 0 atom stereocenters. The number of nitrogens with zero attached hydrogens (tertiary/aromatic N) is 5. The van der Waals surface area contributed by atoms with Gasteiger partial charge in [-0.2, -0.15) is 0 Å². The normalized spacial score (nSPS) is 14.4. The largest absolute Gasteiger partial charge is 0.281 e. The molecule has 31 heavy (non-hydrogen) atoms. The Kier molecular flexibility index (Phi) is 5.02. The van der Waals surface area contributed by atoms with Crippen LogP contribution in [0.3, 0.4) is 0 Å². The lowest BCUT2D eigenvalue weighted by Crippen LogP contribution is -2.32. The summed E-state index contributed by atoms with van der Waals surface area (Å²) >= 11 is 5.90. The Bertz CT molecular complexity index is 1390. The van der Waals surface area contributed by atoms with E-state index in [1.807, 2.05) is 64.5 Å². The summed E-state index contributed by atoms with van der Waals surface area (Å²) in [6.45, 7) is 8.13. The molecule has 1 saturated carbocycles. The van der Waals surface area contributed by atoms with Crippen LogP contribution < -0.4 is 5.56 Å². The predicted molar refractivity (Wildman–Crippen MR) is 126 cm³/mol. The number of aromatic nitrogens is 4. The van der Waals surface area contributed by atoms with Crippen molar-refractivity contribution in [2.45, 2.75) is 46.3 Å². The SMILES string of the molecule is Cc1ccccc1-n1c(=O)c2ccccc2n2c(=S)n(CN(CC(C)C)C3CC3)nc12. The molecule has 5 rings (SSSR count). The van der Waals surface area contributed by atoms with E-state index in [1.165, 1.54) is 12.8 Å². The molecule has 0 N–H and O–H groups in total. The highest BCUT2D eigenvalue weighted by Crippen LogP contribution is 2.28. The summed E-state index contributed by atoms with van der Waals surface area (Å²) in [5.74, 6) is 1.13. The molecule has 0 saturated heterocycles. The Morgan fingerprint density at radius 1 is 1.13 bits per heavy atom. The van der Waals surface area contributed by atoms with Crippen LogP contribution in [0.4, 0.5) is 0 Å². The fourth-order valence-electron chi connectivity index (χ4n) is 4.34. The number of aryl methyl sites for hydroxylation is 1. The minimum atomic E-state index is -0.0780. The second kappa shape index (κ2) is 7.73. The van der Waals surface area contributed by atoms with Crippen LogP contribution in [-0.2, 0) is 6.67 Å². The molecule has 2 aromatic carbocycles. The highest BCUT2D eigenvalue weighted by atomic mass is 32.1. The first kappa shape index (κ1) is 20.2. The molecule has 0 spiro atoms. The molecule has 6 nitrogen and oxygen atoms in total. The molecule has 1 aliphatic carbocycles. The highest BCUT2D eigenvalue weighted by Gasteiger charge is 2.30. The highest BCUT2D eigenvalue weighted by molar-refractivity contribution is 7.71. The zero-order chi connectivity index (χ0) is 21.7. The lowest BCUT2D eigenvalue weighted by Gasteiger charge is -2.23. The third kappa shape index (κ3) is 3.51. The maximum absolute atomic E-state index is 13.6. The van der Waals surface area contributed by atoms with Crippen molar-refractivity contribution in [2.24, 2.45) is 5.92 Å². The van der Waals surface area contributed by atoms with Crippen LogP contribution in [0.2, 0.25) is 0 Å². The first-order valence-corrected chi connectivity index (χ1v) is 11.3. The second-order valence-corrected chi connectivity index (χ2v) is 9.26. The van der Waals surface area contributed by atoms with Crippen LogP contribution in [0.15, 0.2) is 53.3 Å². The van der Waals surface area contributed by atoms with E-state index in [1.54, 1.807) is 4.57 Å². The van der Waals surface area contributed by atoms with Crippen LogP contribution in [0, 0.1) is 17.6 Å². The molecule has 160 valence electrons. The Morgan fingerprint density at radius 2 is 1.84 bits per heavy atom. The molecule has 0 radical (unpaired) electrons. The van der Waals surface area contributed by atoms with E-state index in [9.17, 15) is 4.79 Å². The number of rotatable bonds is 6. The number of hydrogen-bond acceptors (Lipinski definition) is 4. The van der Waals surface area contributed by atoms with Crippen LogP contribution in [-0.4, -0.2) is 36.2 Å². The van der Waals surface area contributed by atoms with Crippen LogP contribution >= 0.6 is 12.2 Å². The van der Waals surface area contributed by atoms with Gasteiger partial charge in [-0.1, -0.05) is 44.2 Å². The summed E-state index contributed by atoms with van der Waals surface area (Å²) in [5, 5.41) is 5.53. The van der Waals surface area contributed by atoms with Gasteiger partial charge in [-0.15, -0.1) is 5.10 Å². The van der Waals surface area contributed by atoms with Gasteiger partial charge in [0, 0.05) is 12.6 Å². The Balaban J connectivity index is 1.78. The molecule has 4 aromatic rings. The molecule has 0 unspecified atom stereocenters. The van der Waals surface area contributed by atoms with Gasteiger partial charge in [0.25, 0.3) is 5.56 Å². The van der Waals surface area contributed by atoms with E-state index in [4.69, 9.17) is 17.3 Å². The van der Waals surface area contributed by atoms with Gasteiger partial charge in [-0.3, -0.25) is 14.1 Å². The predicted octanol–water partition coefficient (Wildman–Crippen LogP) is 4.56. The summed E-state index contributed by atoms with van der Waals surface area (Å²) in [6, 6.07) is 16.1. The molecule has 0 bridgehead atoms. The number of fused-ring (bicyclic) bond motifs is 3. The maximum atomic E-state index is 13.6. The molecule has 0 amide bonds. The summed E-state index contributed by atoms with van der Waals surface area (Å²) in [6.07, 6.45) is 2.45. The Labute approximate surface area is 186 Å². The molecule has 1 fully saturated rings. The lowest BCUT2D eigenvalue weighted by atomic mass is 10.2. The monoisotopic (exact) mass is 433 g/mol. The zero-order valence-electron chi connectivity index (χ0n) is 18.2. The van der Waals surface area contributed by atoms with Crippen molar-refractivity contribution >= 4 is 28.9 Å². The quantitative estimate of drug-likeness (QED) is 0.419. The zero-order valence-corrected chi connectivity index (χ0v) is 19.0. The molecule has 2 aromatic heterocycles. The van der Waals surface area contributed by atoms with Crippen LogP contribution in [0.25, 0.3) is 22.4 Å². The standard InChI is InChI=1S/C24H27N5OS/c1-16(2)14-26(18-12-13-18)15-27-24(31)29-21-11-7-5-9-19(21)22(30)28(23(29)25-27)20-10-6-4-8-17(20)3/h4-11,16,18H,12-15H2,1-3H3. The van der Waals surface area contributed by atoms with Gasteiger partial charge in [-0.25, -0.2) is 9.25 Å². The minimum Gasteiger partial charge on any atom is -0.281 e. The molecule has 1 aliphatic rings. The molecule has 7 heteroatoms. The van der Waals surface area contributed by atoms with E-state index in [0.29, 0.717) is 34.6 Å². The molecular formula is C24H27N5OS. The molecule has 0 aliphatic heterocycles. The summed E-state index contributed by atoms with van der Waals surface area (Å²) in [7, 11) is 0. The van der Waals surface area contributed by atoms with E-state index >= 15 is 0 Å². The van der Waals surface area contributed by atoms with E-state index in [2.05, 4.69) is 18.7 Å². The van der Waals surface area contributed by atoms with Crippen LogP contribution in [0.5, 0.6) is 0 Å². The number of hydrogen-bond donors (Lipinski definition) is 0. The summed E-state index contributed by atoms with van der Waals surface area (Å²) < 4.78 is 6.14. The van der Waals surface area contributed by atoms with Crippen molar-refractivity contribution in [1.82, 2.24) is 23.6 Å². The first-order chi connectivity index (χ1) is 15.0. The Morgan fingerprint density at radius 3 is 2.55 bits per heavy atom. The van der Waals surface area contributed by atoms with Gasteiger partial charge >= 0.3 is 0 Å². The van der Waals surface area contributed by atoms with E-state index < -0.39 is 0 Å². The van der Waals surface area contributed by atoms with Gasteiger partial charge in [0.05, 0.1) is 23.3 Å². The van der Waals surface area contributed by atoms with Gasteiger partial charge in [0.15, 0.2) is 0 Å². The third-order valence-electron chi connectivity index (χ3n) is 5.94. The van der Waals surface area contributed by atoms with Crippen molar-refractivity contribution in [1.29, 1.82) is 0 Å². The lowest BCUT2D eigenvalue weighted by molar-refractivity contribution is 0.174. The van der Waals surface area contributed by atoms with E-state index in [-0.39, 0.29) is 5.56 Å². The van der Waals surface area contributed by atoms with Crippen molar-refractivity contribution in [2.75, 3.05) is 6.54 Å². The summed E-state index contributed by atoms with van der Waals surface area (Å²) in [4.78, 5) is 16.0. The molecular weight excluding hydrogens is 406 g/mol. The van der Waals surface area contributed by atoms with Gasteiger partial charge < -0.3 is 0 Å². The first-order valence-electron chi connectivity index (χ1n) is 10.9. The van der Waals surface area contributed by atoms with Gasteiger partial charge in [0.2, 0.25) is 10.5 Å². The fourth-order valence-corrected chi connectivity index (χ4v) is 4.62. The van der Waals surface area contributed by atoms with Crippen molar-refractivity contribution in [3.05, 3.63) is 69.2 Å². The average molecular weight is 434 g/mol. The van der Waals surface area contributed by atoms with Crippen LogP contribution in [0.1, 0.15) is 32.3 Å². The second-order valence-electron chi connectivity index (χ2n) is 8.90. The average Bonchev–Trinajstić information content (AvgIpc) is 3.54. The number of benzene rings is 2. The van der Waals surface area contributed by atoms with Crippen molar-refractivity contribution in [3.63, 3.8) is 0 Å². The topological polar surface area (TPSA) is 47.5 Å². The smallest absolute Gasteiger partial charge is 0.267 e. The van der Waals surface area contributed by atoms with Crippen molar-refractivity contribution in [3.8, 4) is 5.69 Å². The van der Waals surface area contributed by atoms with Crippen molar-refractivity contribution < 1.29 is 0 Å². The Hall–Kier alpha value is -2.77. The third-order valence-corrected chi connectivity index (χ3v) is 6.33. The number of para-hydroxylation sites is 2.